The van der Waals surface area contributed by atoms with Crippen molar-refractivity contribution in [1.82, 2.24) is 4.72 Å². The zero-order chi connectivity index (χ0) is 23.2. The Balaban J connectivity index is 1.55. The van der Waals surface area contributed by atoms with Gasteiger partial charge in [0.25, 0.3) is 5.91 Å². The zero-order valence-corrected chi connectivity index (χ0v) is 19.3. The van der Waals surface area contributed by atoms with Crippen molar-refractivity contribution < 1.29 is 17.9 Å². The lowest BCUT2D eigenvalue weighted by atomic mass is 10.1. The van der Waals surface area contributed by atoms with E-state index < -0.39 is 15.6 Å². The van der Waals surface area contributed by atoms with Crippen molar-refractivity contribution in [2.75, 3.05) is 11.9 Å². The van der Waals surface area contributed by atoms with Crippen LogP contribution in [0, 0.1) is 0 Å². The molecule has 2 N–H and O–H groups in total. The van der Waals surface area contributed by atoms with Crippen LogP contribution in [0.5, 0.6) is 5.75 Å². The third-order valence-electron chi connectivity index (χ3n) is 4.48. The fourth-order valence-corrected chi connectivity index (χ4v) is 4.44. The second-order valence-corrected chi connectivity index (χ2v) is 10.1. The van der Waals surface area contributed by atoms with Crippen molar-refractivity contribution in [2.45, 2.75) is 37.6 Å². The Bertz CT molecular complexity index is 1140. The van der Waals surface area contributed by atoms with E-state index in [9.17, 15) is 13.2 Å². The highest BCUT2D eigenvalue weighted by Gasteiger charge is 2.21. The van der Waals surface area contributed by atoms with E-state index in [2.05, 4.69) is 22.2 Å². The SMILES string of the molecule is CC(C)(C)NS(=O)(=O)c1ccc(NC(=O)c2ccc(OCCc3ccccc3)cc2)cc1. The van der Waals surface area contributed by atoms with Crippen LogP contribution in [0.1, 0.15) is 36.7 Å². The molecule has 32 heavy (non-hydrogen) atoms. The van der Waals surface area contributed by atoms with Crippen LogP contribution in [-0.2, 0) is 16.4 Å². The van der Waals surface area contributed by atoms with Crippen molar-refractivity contribution >= 4 is 21.6 Å². The van der Waals surface area contributed by atoms with Gasteiger partial charge in [-0.1, -0.05) is 30.3 Å². The maximum absolute atomic E-state index is 12.5. The summed E-state index contributed by atoms with van der Waals surface area (Å²) in [7, 11) is -3.62. The van der Waals surface area contributed by atoms with Crippen LogP contribution in [0.2, 0.25) is 0 Å². The molecule has 0 aromatic heterocycles. The number of anilines is 1. The van der Waals surface area contributed by atoms with E-state index in [4.69, 9.17) is 4.74 Å². The Morgan fingerprint density at radius 1 is 0.875 bits per heavy atom. The predicted octanol–water partition coefficient (Wildman–Crippen LogP) is 4.64. The first-order valence-electron chi connectivity index (χ1n) is 10.3. The van der Waals surface area contributed by atoms with Crippen molar-refractivity contribution in [3.05, 3.63) is 90.0 Å². The molecule has 0 saturated heterocycles. The summed E-state index contributed by atoms with van der Waals surface area (Å²) < 4.78 is 33.1. The number of carbonyl (C=O) groups excluding carboxylic acids is 1. The highest BCUT2D eigenvalue weighted by atomic mass is 32.2. The molecular formula is C25H28N2O4S. The smallest absolute Gasteiger partial charge is 0.255 e. The van der Waals surface area contributed by atoms with Gasteiger partial charge in [0.1, 0.15) is 5.75 Å². The maximum atomic E-state index is 12.5. The van der Waals surface area contributed by atoms with Gasteiger partial charge in [0.15, 0.2) is 0 Å². The highest BCUT2D eigenvalue weighted by Crippen LogP contribution is 2.18. The number of ether oxygens (including phenoxy) is 1. The molecule has 0 radical (unpaired) electrons. The number of nitrogens with one attached hydrogen (secondary N) is 2. The summed E-state index contributed by atoms with van der Waals surface area (Å²) in [6, 6.07) is 23.1. The molecule has 0 aliphatic carbocycles. The quantitative estimate of drug-likeness (QED) is 0.522. The molecule has 3 aromatic rings. The van der Waals surface area contributed by atoms with Gasteiger partial charge in [-0.2, -0.15) is 0 Å². The lowest BCUT2D eigenvalue weighted by Crippen LogP contribution is -2.40. The van der Waals surface area contributed by atoms with E-state index in [0.717, 1.165) is 6.42 Å². The van der Waals surface area contributed by atoms with Crippen LogP contribution < -0.4 is 14.8 Å². The van der Waals surface area contributed by atoms with Gasteiger partial charge < -0.3 is 10.1 Å². The largest absolute Gasteiger partial charge is 0.493 e. The van der Waals surface area contributed by atoms with Gasteiger partial charge in [-0.15, -0.1) is 0 Å². The number of hydrogen-bond donors (Lipinski definition) is 2. The predicted molar refractivity (Wildman–Crippen MR) is 127 cm³/mol. The fourth-order valence-electron chi connectivity index (χ4n) is 3.02. The summed E-state index contributed by atoms with van der Waals surface area (Å²) in [6.07, 6.45) is 0.806. The number of carbonyl (C=O) groups is 1. The van der Waals surface area contributed by atoms with Gasteiger partial charge in [-0.05, 0) is 74.9 Å². The minimum Gasteiger partial charge on any atom is -0.493 e. The Morgan fingerprint density at radius 3 is 2.09 bits per heavy atom. The molecule has 168 valence electrons. The van der Waals surface area contributed by atoms with E-state index in [1.54, 1.807) is 57.2 Å². The first-order valence-corrected chi connectivity index (χ1v) is 11.8. The lowest BCUT2D eigenvalue weighted by molar-refractivity contribution is 0.102. The van der Waals surface area contributed by atoms with E-state index in [1.807, 2.05) is 18.2 Å². The third-order valence-corrected chi connectivity index (χ3v) is 6.26. The Labute approximate surface area is 189 Å². The Hall–Kier alpha value is -3.16. The first-order chi connectivity index (χ1) is 15.1. The van der Waals surface area contributed by atoms with Crippen LogP contribution in [-0.4, -0.2) is 26.5 Å². The molecule has 3 rings (SSSR count). The Morgan fingerprint density at radius 2 is 1.50 bits per heavy atom. The normalized spacial score (nSPS) is 11.7. The second-order valence-electron chi connectivity index (χ2n) is 8.44. The van der Waals surface area contributed by atoms with E-state index >= 15 is 0 Å². The minimum atomic E-state index is -3.62. The average Bonchev–Trinajstić information content (AvgIpc) is 2.74. The molecule has 1 amide bonds. The number of benzene rings is 3. The van der Waals surface area contributed by atoms with Gasteiger partial charge in [0.2, 0.25) is 10.0 Å². The highest BCUT2D eigenvalue weighted by molar-refractivity contribution is 7.89. The number of hydrogen-bond acceptors (Lipinski definition) is 4. The average molecular weight is 453 g/mol. The van der Waals surface area contributed by atoms with Crippen molar-refractivity contribution in [3.8, 4) is 5.75 Å². The number of sulfonamides is 1. The molecule has 0 aliphatic heterocycles. The first kappa shape index (κ1) is 23.5. The summed E-state index contributed by atoms with van der Waals surface area (Å²) in [6.45, 7) is 5.88. The van der Waals surface area contributed by atoms with Gasteiger partial charge in [-0.3, -0.25) is 4.79 Å². The number of rotatable bonds is 8. The Kier molecular flexibility index (Phi) is 7.33. The van der Waals surface area contributed by atoms with Crippen LogP contribution >= 0.6 is 0 Å². The lowest BCUT2D eigenvalue weighted by Gasteiger charge is -2.20. The molecule has 7 heteroatoms. The van der Waals surface area contributed by atoms with Gasteiger partial charge in [0, 0.05) is 23.2 Å². The summed E-state index contributed by atoms with van der Waals surface area (Å²) in [5.74, 6) is 0.405. The monoisotopic (exact) mass is 452 g/mol. The molecule has 0 fully saturated rings. The zero-order valence-electron chi connectivity index (χ0n) is 18.5. The van der Waals surface area contributed by atoms with E-state index in [0.29, 0.717) is 23.6 Å². The molecule has 6 nitrogen and oxygen atoms in total. The van der Waals surface area contributed by atoms with Crippen LogP contribution in [0.25, 0.3) is 0 Å². The third kappa shape index (κ3) is 6.93. The molecule has 0 unspecified atom stereocenters. The standard InChI is InChI=1S/C25H28N2O4S/c1-25(2,3)27-32(29,30)23-15-11-21(12-16-23)26-24(28)20-9-13-22(14-10-20)31-18-17-19-7-5-4-6-8-19/h4-16,27H,17-18H2,1-3H3,(H,26,28). The molecule has 0 saturated carbocycles. The van der Waals surface area contributed by atoms with Gasteiger partial charge in [0.05, 0.1) is 11.5 Å². The van der Waals surface area contributed by atoms with Crippen LogP contribution in [0.15, 0.2) is 83.8 Å². The van der Waals surface area contributed by atoms with Crippen LogP contribution in [0.3, 0.4) is 0 Å². The van der Waals surface area contributed by atoms with Crippen molar-refractivity contribution in [1.29, 1.82) is 0 Å². The van der Waals surface area contributed by atoms with E-state index in [-0.39, 0.29) is 10.8 Å². The molecule has 0 bridgehead atoms. The minimum absolute atomic E-state index is 0.141. The molecule has 3 aromatic carbocycles. The molecule has 0 heterocycles. The van der Waals surface area contributed by atoms with Gasteiger partial charge in [-0.25, -0.2) is 13.1 Å². The molecular weight excluding hydrogens is 424 g/mol. The second kappa shape index (κ2) is 9.97. The van der Waals surface area contributed by atoms with Crippen molar-refractivity contribution in [3.63, 3.8) is 0 Å². The van der Waals surface area contributed by atoms with Crippen molar-refractivity contribution in [2.24, 2.45) is 0 Å². The van der Waals surface area contributed by atoms with Gasteiger partial charge >= 0.3 is 0 Å². The van der Waals surface area contributed by atoms with Crippen LogP contribution in [0.4, 0.5) is 5.69 Å². The van der Waals surface area contributed by atoms with E-state index in [1.165, 1.54) is 17.7 Å². The number of amides is 1. The summed E-state index contributed by atoms with van der Waals surface area (Å²) >= 11 is 0. The maximum Gasteiger partial charge on any atom is 0.255 e. The summed E-state index contributed by atoms with van der Waals surface area (Å²) in [4.78, 5) is 12.7. The summed E-state index contributed by atoms with van der Waals surface area (Å²) in [5, 5.41) is 2.77. The molecule has 0 spiro atoms. The summed E-state index contributed by atoms with van der Waals surface area (Å²) in [5.41, 5.74) is 1.61. The topological polar surface area (TPSA) is 84.5 Å². The molecule has 0 aliphatic rings. The fraction of sp³-hybridized carbons (Fsp3) is 0.240. The molecule has 0 atom stereocenters.